The molecule has 0 radical (unpaired) electrons. The lowest BCUT2D eigenvalue weighted by atomic mass is 10.1. The van der Waals surface area contributed by atoms with Crippen molar-refractivity contribution in [2.24, 2.45) is 0 Å². The first-order valence-electron chi connectivity index (χ1n) is 6.62. The highest BCUT2D eigenvalue weighted by Gasteiger charge is 2.15. The van der Waals surface area contributed by atoms with E-state index in [-0.39, 0.29) is 5.56 Å². The molecule has 19 heavy (non-hydrogen) atoms. The van der Waals surface area contributed by atoms with E-state index in [1.807, 2.05) is 37.6 Å². The van der Waals surface area contributed by atoms with Gasteiger partial charge >= 0.3 is 0 Å². The summed E-state index contributed by atoms with van der Waals surface area (Å²) in [4.78, 5) is 12.3. The predicted octanol–water partition coefficient (Wildman–Crippen LogP) is 2.56. The Morgan fingerprint density at radius 3 is 2.21 bits per heavy atom. The highest BCUT2D eigenvalue weighted by atomic mass is 16.1. The molecule has 0 atom stereocenters. The van der Waals surface area contributed by atoms with Crippen LogP contribution in [0.25, 0.3) is 5.69 Å². The molecule has 4 nitrogen and oxygen atoms in total. The number of benzene rings is 1. The molecule has 0 spiro atoms. The van der Waals surface area contributed by atoms with Crippen LogP contribution < -0.4 is 11.3 Å². The van der Waals surface area contributed by atoms with Gasteiger partial charge in [0.25, 0.3) is 5.56 Å². The highest BCUT2D eigenvalue weighted by molar-refractivity contribution is 5.46. The van der Waals surface area contributed by atoms with E-state index in [9.17, 15) is 4.79 Å². The van der Waals surface area contributed by atoms with Gasteiger partial charge in [-0.1, -0.05) is 13.0 Å². The van der Waals surface area contributed by atoms with Crippen LogP contribution in [0, 0.1) is 20.8 Å². The van der Waals surface area contributed by atoms with E-state index in [0.717, 1.165) is 35.5 Å². The molecule has 1 aromatic heterocycles. The molecule has 0 amide bonds. The Balaban J connectivity index is 2.74. The van der Waals surface area contributed by atoms with Crippen LogP contribution in [-0.4, -0.2) is 9.36 Å². The number of rotatable bonds is 3. The number of hydrogen-bond acceptors (Lipinski definition) is 2. The summed E-state index contributed by atoms with van der Waals surface area (Å²) in [7, 11) is 0. The van der Waals surface area contributed by atoms with Crippen molar-refractivity contribution in [1.82, 2.24) is 9.36 Å². The monoisotopic (exact) mass is 259 g/mol. The number of nitrogen functional groups attached to an aromatic ring is 1. The molecular weight excluding hydrogens is 238 g/mol. The van der Waals surface area contributed by atoms with Crippen molar-refractivity contribution in [2.45, 2.75) is 40.7 Å². The third-order valence-electron chi connectivity index (χ3n) is 3.33. The first-order chi connectivity index (χ1) is 8.95. The Bertz CT molecular complexity index is 645. The van der Waals surface area contributed by atoms with Gasteiger partial charge in [0.2, 0.25) is 0 Å². The van der Waals surface area contributed by atoms with Crippen LogP contribution in [0.5, 0.6) is 0 Å². The second-order valence-electron chi connectivity index (χ2n) is 5.09. The standard InChI is InChI=1S/C15H21N3O/c1-5-6-17-12(4)14(16)15(19)18(17)13-8-10(2)7-11(3)9-13/h7-9H,5-6,16H2,1-4H3. The number of aryl methyl sites for hydroxylation is 2. The maximum atomic E-state index is 12.3. The van der Waals surface area contributed by atoms with E-state index in [0.29, 0.717) is 5.69 Å². The number of hydrogen-bond donors (Lipinski definition) is 1. The van der Waals surface area contributed by atoms with Gasteiger partial charge in [-0.05, 0) is 50.5 Å². The summed E-state index contributed by atoms with van der Waals surface area (Å²) < 4.78 is 3.65. The van der Waals surface area contributed by atoms with Gasteiger partial charge in [0.05, 0.1) is 11.4 Å². The topological polar surface area (TPSA) is 52.9 Å². The molecule has 0 aliphatic rings. The van der Waals surface area contributed by atoms with Gasteiger partial charge in [-0.3, -0.25) is 9.48 Å². The van der Waals surface area contributed by atoms with Crippen molar-refractivity contribution in [1.29, 1.82) is 0 Å². The number of anilines is 1. The lowest BCUT2D eigenvalue weighted by Gasteiger charge is -2.13. The summed E-state index contributed by atoms with van der Waals surface area (Å²) in [5, 5.41) is 0. The van der Waals surface area contributed by atoms with Crippen LogP contribution in [0.3, 0.4) is 0 Å². The lowest BCUT2D eigenvalue weighted by molar-refractivity contribution is 0.523. The van der Waals surface area contributed by atoms with E-state index >= 15 is 0 Å². The first-order valence-corrected chi connectivity index (χ1v) is 6.62. The zero-order chi connectivity index (χ0) is 14.2. The zero-order valence-corrected chi connectivity index (χ0v) is 12.0. The maximum absolute atomic E-state index is 12.3. The Morgan fingerprint density at radius 2 is 1.68 bits per heavy atom. The Labute approximate surface area is 113 Å². The summed E-state index contributed by atoms with van der Waals surface area (Å²) in [6.07, 6.45) is 0.958. The van der Waals surface area contributed by atoms with Gasteiger partial charge in [-0.15, -0.1) is 0 Å². The van der Waals surface area contributed by atoms with Gasteiger partial charge in [-0.25, -0.2) is 4.68 Å². The number of nitrogens with zero attached hydrogens (tertiary/aromatic N) is 2. The van der Waals surface area contributed by atoms with Gasteiger partial charge in [0.15, 0.2) is 0 Å². The maximum Gasteiger partial charge on any atom is 0.294 e. The largest absolute Gasteiger partial charge is 0.393 e. The second-order valence-corrected chi connectivity index (χ2v) is 5.09. The normalized spacial score (nSPS) is 10.9. The molecule has 4 heteroatoms. The summed E-state index contributed by atoms with van der Waals surface area (Å²) in [6, 6.07) is 6.12. The van der Waals surface area contributed by atoms with Crippen molar-refractivity contribution in [3.8, 4) is 5.69 Å². The van der Waals surface area contributed by atoms with Gasteiger partial charge in [0.1, 0.15) is 5.69 Å². The van der Waals surface area contributed by atoms with Crippen molar-refractivity contribution < 1.29 is 0 Å². The average Bonchev–Trinajstić information content (AvgIpc) is 2.54. The van der Waals surface area contributed by atoms with E-state index in [1.54, 1.807) is 4.68 Å². The van der Waals surface area contributed by atoms with Crippen molar-refractivity contribution >= 4 is 5.69 Å². The summed E-state index contributed by atoms with van der Waals surface area (Å²) >= 11 is 0. The van der Waals surface area contributed by atoms with Crippen LogP contribution in [0.15, 0.2) is 23.0 Å². The van der Waals surface area contributed by atoms with E-state index in [2.05, 4.69) is 13.0 Å². The average molecular weight is 259 g/mol. The Kier molecular flexibility index (Phi) is 3.51. The smallest absolute Gasteiger partial charge is 0.294 e. The van der Waals surface area contributed by atoms with Crippen molar-refractivity contribution in [3.63, 3.8) is 0 Å². The first kappa shape index (κ1) is 13.5. The minimum Gasteiger partial charge on any atom is -0.393 e. The Morgan fingerprint density at radius 1 is 1.11 bits per heavy atom. The number of aromatic nitrogens is 2. The third-order valence-corrected chi connectivity index (χ3v) is 3.33. The predicted molar refractivity (Wildman–Crippen MR) is 78.9 cm³/mol. The van der Waals surface area contributed by atoms with E-state index < -0.39 is 0 Å². The second kappa shape index (κ2) is 4.96. The van der Waals surface area contributed by atoms with E-state index in [4.69, 9.17) is 5.73 Å². The van der Waals surface area contributed by atoms with Crippen molar-refractivity contribution in [3.05, 3.63) is 45.4 Å². The third kappa shape index (κ3) is 2.30. The highest BCUT2D eigenvalue weighted by Crippen LogP contribution is 2.16. The molecule has 0 bridgehead atoms. The SMILES string of the molecule is CCCn1c(C)c(N)c(=O)n1-c1cc(C)cc(C)c1. The molecule has 1 aromatic carbocycles. The molecule has 1 heterocycles. The molecule has 0 saturated heterocycles. The van der Waals surface area contributed by atoms with E-state index in [1.165, 1.54) is 0 Å². The molecule has 0 aliphatic carbocycles. The van der Waals surface area contributed by atoms with Crippen molar-refractivity contribution in [2.75, 3.05) is 5.73 Å². The van der Waals surface area contributed by atoms with Crippen LogP contribution in [0.1, 0.15) is 30.2 Å². The molecule has 2 N–H and O–H groups in total. The van der Waals surface area contributed by atoms with Crippen LogP contribution in [0.4, 0.5) is 5.69 Å². The minimum atomic E-state index is -0.129. The van der Waals surface area contributed by atoms with Gasteiger partial charge in [-0.2, -0.15) is 0 Å². The van der Waals surface area contributed by atoms with Crippen LogP contribution >= 0.6 is 0 Å². The summed E-state index contributed by atoms with van der Waals surface area (Å²) in [5.74, 6) is 0. The fourth-order valence-electron chi connectivity index (χ4n) is 2.48. The molecule has 0 saturated carbocycles. The molecule has 0 unspecified atom stereocenters. The van der Waals surface area contributed by atoms with Gasteiger partial charge < -0.3 is 5.73 Å². The number of nitrogens with two attached hydrogens (primary N) is 1. The summed E-state index contributed by atoms with van der Waals surface area (Å²) in [6.45, 7) is 8.83. The minimum absolute atomic E-state index is 0.129. The van der Waals surface area contributed by atoms with Crippen LogP contribution in [0.2, 0.25) is 0 Å². The fourth-order valence-corrected chi connectivity index (χ4v) is 2.48. The fraction of sp³-hybridized carbons (Fsp3) is 0.400. The van der Waals surface area contributed by atoms with Gasteiger partial charge in [0, 0.05) is 6.54 Å². The quantitative estimate of drug-likeness (QED) is 0.921. The molecule has 2 rings (SSSR count). The van der Waals surface area contributed by atoms with Crippen LogP contribution in [-0.2, 0) is 6.54 Å². The summed E-state index contributed by atoms with van der Waals surface area (Å²) in [5.41, 5.74) is 10.1. The molecule has 102 valence electrons. The molecule has 0 fully saturated rings. The Hall–Kier alpha value is -1.97. The molecule has 2 aromatic rings. The molecular formula is C15H21N3O. The lowest BCUT2D eigenvalue weighted by Crippen LogP contribution is -2.22. The molecule has 0 aliphatic heterocycles. The zero-order valence-electron chi connectivity index (χ0n) is 12.0.